The Kier molecular flexibility index (Phi) is 6.50. The molecular formula is C21H33N5O3. The third-order valence-corrected chi connectivity index (χ3v) is 6.54. The van der Waals surface area contributed by atoms with E-state index < -0.39 is 0 Å². The Bertz CT molecular complexity index is 643. The largest absolute Gasteiger partial charge is 0.379 e. The summed E-state index contributed by atoms with van der Waals surface area (Å²) in [6.45, 7) is 9.14. The number of carbonyl (C=O) groups excluding carboxylic acids is 2. The normalized spacial score (nSPS) is 31.6. The number of likely N-dealkylation sites (tertiary alicyclic amines) is 1. The summed E-state index contributed by atoms with van der Waals surface area (Å²) < 4.78 is 5.37. The topological polar surface area (TPSA) is 86.3 Å². The highest BCUT2D eigenvalue weighted by Gasteiger charge is 2.58. The van der Waals surface area contributed by atoms with Crippen LogP contribution in [0.4, 0.5) is 0 Å². The summed E-state index contributed by atoms with van der Waals surface area (Å²) in [5.41, 5.74) is 0. The third kappa shape index (κ3) is 4.33. The van der Waals surface area contributed by atoms with Crippen molar-refractivity contribution in [2.45, 2.75) is 19.8 Å². The number of imide groups is 1. The van der Waals surface area contributed by atoms with E-state index in [0.29, 0.717) is 13.1 Å². The molecule has 1 saturated carbocycles. The molecule has 0 aromatic heterocycles. The smallest absolute Gasteiger partial charge is 0.233 e. The molecule has 3 fully saturated rings. The number of nitrogens with one attached hydrogen (secondary N) is 2. The number of rotatable bonds is 8. The number of guanidine groups is 1. The summed E-state index contributed by atoms with van der Waals surface area (Å²) in [5, 5.41) is 6.51. The van der Waals surface area contributed by atoms with Crippen LogP contribution in [0, 0.1) is 23.7 Å². The van der Waals surface area contributed by atoms with E-state index >= 15 is 0 Å². The van der Waals surface area contributed by atoms with E-state index in [4.69, 9.17) is 4.74 Å². The van der Waals surface area contributed by atoms with Crippen LogP contribution in [0.25, 0.3) is 0 Å². The minimum atomic E-state index is -0.111. The van der Waals surface area contributed by atoms with Crippen LogP contribution in [0.5, 0.6) is 0 Å². The first-order chi connectivity index (χ1) is 14.2. The van der Waals surface area contributed by atoms with Gasteiger partial charge in [0, 0.05) is 45.8 Å². The minimum Gasteiger partial charge on any atom is -0.379 e. The molecule has 2 amide bonds. The number of hydrogen-bond acceptors (Lipinski definition) is 5. The second-order valence-corrected chi connectivity index (χ2v) is 8.32. The van der Waals surface area contributed by atoms with Gasteiger partial charge in [-0.1, -0.05) is 12.2 Å². The lowest BCUT2D eigenvalue weighted by Gasteiger charge is -2.26. The van der Waals surface area contributed by atoms with Gasteiger partial charge >= 0.3 is 0 Å². The van der Waals surface area contributed by atoms with Gasteiger partial charge in [-0.2, -0.15) is 0 Å². The first-order valence-corrected chi connectivity index (χ1v) is 11.0. The zero-order valence-electron chi connectivity index (χ0n) is 17.3. The number of carbonyl (C=O) groups is 2. The zero-order chi connectivity index (χ0) is 20.2. The van der Waals surface area contributed by atoms with Gasteiger partial charge in [0.1, 0.15) is 0 Å². The van der Waals surface area contributed by atoms with Gasteiger partial charge in [0.15, 0.2) is 5.96 Å². The third-order valence-electron chi connectivity index (χ3n) is 6.54. The van der Waals surface area contributed by atoms with Crippen LogP contribution in [-0.4, -0.2) is 86.6 Å². The Morgan fingerprint density at radius 2 is 1.79 bits per heavy atom. The number of amides is 2. The minimum absolute atomic E-state index is 0.0195. The van der Waals surface area contributed by atoms with Crippen LogP contribution < -0.4 is 10.6 Å². The van der Waals surface area contributed by atoms with Crippen LogP contribution >= 0.6 is 0 Å². The van der Waals surface area contributed by atoms with Crippen molar-refractivity contribution in [2.24, 2.45) is 28.7 Å². The van der Waals surface area contributed by atoms with Gasteiger partial charge in [-0.15, -0.1) is 0 Å². The lowest BCUT2D eigenvalue weighted by atomic mass is 9.85. The van der Waals surface area contributed by atoms with Crippen molar-refractivity contribution in [1.29, 1.82) is 0 Å². The Balaban J connectivity index is 1.21. The quantitative estimate of drug-likeness (QED) is 0.196. The van der Waals surface area contributed by atoms with Gasteiger partial charge in [0.2, 0.25) is 11.8 Å². The first-order valence-electron chi connectivity index (χ1n) is 11.0. The SMILES string of the molecule is CCNC(=NCCCN1CCOCC1)NCCN1C(=O)C2C3C=CC(C3)C2C1=O. The maximum absolute atomic E-state index is 12.7. The molecule has 8 heteroatoms. The molecule has 29 heavy (non-hydrogen) atoms. The van der Waals surface area contributed by atoms with Crippen molar-refractivity contribution in [1.82, 2.24) is 20.4 Å². The molecule has 4 aliphatic rings. The average Bonchev–Trinajstić information content (AvgIpc) is 3.41. The Morgan fingerprint density at radius 1 is 1.10 bits per heavy atom. The molecule has 8 nitrogen and oxygen atoms in total. The van der Waals surface area contributed by atoms with E-state index in [1.54, 1.807) is 0 Å². The highest BCUT2D eigenvalue weighted by atomic mass is 16.5. The summed E-state index contributed by atoms with van der Waals surface area (Å²) in [6.07, 6.45) is 6.23. The number of allylic oxidation sites excluding steroid dienone is 2. The molecule has 2 aliphatic carbocycles. The predicted molar refractivity (Wildman–Crippen MR) is 110 cm³/mol. The van der Waals surface area contributed by atoms with Crippen molar-refractivity contribution in [2.75, 3.05) is 59.0 Å². The molecule has 2 heterocycles. The molecular weight excluding hydrogens is 370 g/mol. The fourth-order valence-electron chi connectivity index (χ4n) is 5.12. The van der Waals surface area contributed by atoms with Gasteiger partial charge in [-0.3, -0.25) is 24.4 Å². The van der Waals surface area contributed by atoms with Crippen molar-refractivity contribution in [3.8, 4) is 0 Å². The number of hydrogen-bond donors (Lipinski definition) is 2. The highest BCUT2D eigenvalue weighted by Crippen LogP contribution is 2.52. The van der Waals surface area contributed by atoms with E-state index in [2.05, 4.69) is 32.7 Å². The molecule has 0 aromatic rings. The zero-order valence-corrected chi connectivity index (χ0v) is 17.3. The van der Waals surface area contributed by atoms with Crippen LogP contribution in [0.1, 0.15) is 19.8 Å². The summed E-state index contributed by atoms with van der Waals surface area (Å²) in [5.74, 6) is 1.10. The van der Waals surface area contributed by atoms with Crippen molar-refractivity contribution >= 4 is 17.8 Å². The maximum atomic E-state index is 12.7. The molecule has 160 valence electrons. The Morgan fingerprint density at radius 3 is 2.45 bits per heavy atom. The maximum Gasteiger partial charge on any atom is 0.233 e. The van der Waals surface area contributed by atoms with Gasteiger partial charge in [-0.05, 0) is 31.6 Å². The molecule has 2 aliphatic heterocycles. The second-order valence-electron chi connectivity index (χ2n) is 8.32. The number of fused-ring (bicyclic) bond motifs is 5. The fourth-order valence-corrected chi connectivity index (χ4v) is 5.12. The Hall–Kier alpha value is -1.93. The molecule has 0 aromatic carbocycles. The van der Waals surface area contributed by atoms with Gasteiger partial charge in [-0.25, -0.2) is 0 Å². The lowest BCUT2D eigenvalue weighted by Crippen LogP contribution is -2.43. The predicted octanol–water partition coefficient (Wildman–Crippen LogP) is 0.0709. The summed E-state index contributed by atoms with van der Waals surface area (Å²) in [6, 6.07) is 0. The molecule has 4 rings (SSSR count). The highest BCUT2D eigenvalue weighted by molar-refractivity contribution is 6.06. The van der Waals surface area contributed by atoms with E-state index in [1.165, 1.54) is 4.90 Å². The van der Waals surface area contributed by atoms with Crippen molar-refractivity contribution in [3.63, 3.8) is 0 Å². The number of nitrogens with zero attached hydrogens (tertiary/aromatic N) is 3. The monoisotopic (exact) mass is 403 g/mol. The van der Waals surface area contributed by atoms with Gasteiger partial charge in [0.25, 0.3) is 0 Å². The number of aliphatic imine (C=N–C) groups is 1. The molecule has 0 radical (unpaired) electrons. The molecule has 4 atom stereocenters. The lowest BCUT2D eigenvalue weighted by molar-refractivity contribution is -0.140. The van der Waals surface area contributed by atoms with Crippen LogP contribution in [0.2, 0.25) is 0 Å². The van der Waals surface area contributed by atoms with Crippen LogP contribution in [0.15, 0.2) is 17.1 Å². The second kappa shape index (κ2) is 9.26. The summed E-state index contributed by atoms with van der Waals surface area (Å²) in [7, 11) is 0. The Labute approximate surface area is 172 Å². The first kappa shape index (κ1) is 20.3. The molecule has 2 saturated heterocycles. The van der Waals surface area contributed by atoms with E-state index in [9.17, 15) is 9.59 Å². The summed E-state index contributed by atoms with van der Waals surface area (Å²) >= 11 is 0. The number of ether oxygens (including phenoxy) is 1. The van der Waals surface area contributed by atoms with Crippen LogP contribution in [-0.2, 0) is 14.3 Å². The fraction of sp³-hybridized carbons (Fsp3) is 0.762. The molecule has 2 N–H and O–H groups in total. The van der Waals surface area contributed by atoms with Crippen LogP contribution in [0.3, 0.4) is 0 Å². The summed E-state index contributed by atoms with van der Waals surface area (Å²) in [4.78, 5) is 34.0. The number of morpholine rings is 1. The van der Waals surface area contributed by atoms with Crippen molar-refractivity contribution in [3.05, 3.63) is 12.2 Å². The standard InChI is InChI=1S/C21H33N5O3/c1-2-22-21(23-6-3-8-25-10-12-29-13-11-25)24-7-9-26-19(27)17-15-4-5-16(14-15)18(17)20(26)28/h4-5,15-18H,2-3,6-14H2,1H3,(H2,22,23,24). The van der Waals surface area contributed by atoms with Gasteiger partial charge < -0.3 is 15.4 Å². The van der Waals surface area contributed by atoms with E-state index in [-0.39, 0.29) is 35.5 Å². The molecule has 2 bridgehead atoms. The average molecular weight is 404 g/mol. The van der Waals surface area contributed by atoms with E-state index in [0.717, 1.165) is 64.7 Å². The molecule has 0 spiro atoms. The van der Waals surface area contributed by atoms with E-state index in [1.807, 2.05) is 6.92 Å². The molecule has 4 unspecified atom stereocenters. The van der Waals surface area contributed by atoms with Gasteiger partial charge in [0.05, 0.1) is 25.0 Å². The van der Waals surface area contributed by atoms with Crippen molar-refractivity contribution < 1.29 is 14.3 Å².